The van der Waals surface area contributed by atoms with Crippen LogP contribution in [0.1, 0.15) is 35.2 Å². The van der Waals surface area contributed by atoms with Crippen LogP contribution in [0.15, 0.2) is 24.3 Å². The van der Waals surface area contributed by atoms with Crippen molar-refractivity contribution in [2.24, 2.45) is 0 Å². The van der Waals surface area contributed by atoms with Crippen molar-refractivity contribution in [2.75, 3.05) is 60.5 Å². The molecule has 0 aliphatic carbocycles. The van der Waals surface area contributed by atoms with Crippen LogP contribution in [-0.4, -0.2) is 92.6 Å². The van der Waals surface area contributed by atoms with E-state index >= 15 is 0 Å². The summed E-state index contributed by atoms with van der Waals surface area (Å²) in [7, 11) is 5.52. The van der Waals surface area contributed by atoms with Crippen molar-refractivity contribution in [3.63, 3.8) is 0 Å². The Balaban J connectivity index is 1.65. The zero-order valence-electron chi connectivity index (χ0n) is 17.9. The molecule has 1 atom stereocenters. The van der Waals surface area contributed by atoms with Crippen LogP contribution in [0.4, 0.5) is 0 Å². The predicted molar refractivity (Wildman–Crippen MR) is 113 cm³/mol. The number of hydrogen-bond donors (Lipinski definition) is 1. The van der Waals surface area contributed by atoms with E-state index in [0.717, 1.165) is 45.6 Å². The summed E-state index contributed by atoms with van der Waals surface area (Å²) in [5.74, 6) is 0.186. The number of piperazine rings is 1. The van der Waals surface area contributed by atoms with E-state index in [4.69, 9.17) is 4.74 Å². The molecule has 1 unspecified atom stereocenters. The van der Waals surface area contributed by atoms with Gasteiger partial charge >= 0.3 is 0 Å². The minimum atomic E-state index is -0.0590. The molecule has 0 radical (unpaired) electrons. The number of benzene rings is 1. The molecule has 2 aliphatic rings. The molecule has 29 heavy (non-hydrogen) atoms. The molecule has 3 rings (SSSR count). The molecule has 2 amide bonds. The van der Waals surface area contributed by atoms with Gasteiger partial charge in [-0.25, -0.2) is 0 Å². The topological polar surface area (TPSA) is 65.1 Å². The molecule has 2 saturated heterocycles. The molecule has 2 aliphatic heterocycles. The van der Waals surface area contributed by atoms with Gasteiger partial charge in [0.05, 0.1) is 6.61 Å². The molecule has 1 spiro atoms. The standard InChI is InChI=1S/C22H34N4O3/c1-23-21(28)19-6-4-18(5-7-19)16-25-13-12-24(2)22(17-25)9-8-20(27)26(11-10-22)14-15-29-3/h4-7H,8-17H2,1-3H3,(H,23,28). The zero-order valence-corrected chi connectivity index (χ0v) is 17.9. The maximum absolute atomic E-state index is 12.5. The van der Waals surface area contributed by atoms with Crippen molar-refractivity contribution in [1.29, 1.82) is 0 Å². The zero-order chi connectivity index (χ0) is 20.9. The first-order valence-electron chi connectivity index (χ1n) is 10.5. The maximum atomic E-state index is 12.5. The van der Waals surface area contributed by atoms with Gasteiger partial charge in [-0.1, -0.05) is 12.1 Å². The lowest BCUT2D eigenvalue weighted by atomic mass is 9.86. The molecule has 2 fully saturated rings. The molecular formula is C22H34N4O3. The van der Waals surface area contributed by atoms with Crippen molar-refractivity contribution in [3.05, 3.63) is 35.4 Å². The monoisotopic (exact) mass is 402 g/mol. The molecule has 1 aromatic rings. The summed E-state index contributed by atoms with van der Waals surface area (Å²) in [4.78, 5) is 31.2. The number of nitrogens with zero attached hydrogens (tertiary/aromatic N) is 3. The van der Waals surface area contributed by atoms with Crippen molar-refractivity contribution in [3.8, 4) is 0 Å². The predicted octanol–water partition coefficient (Wildman–Crippen LogP) is 1.19. The average Bonchev–Trinajstić information content (AvgIpc) is 2.89. The summed E-state index contributed by atoms with van der Waals surface area (Å²) >= 11 is 0. The number of methoxy groups -OCH3 is 1. The molecule has 0 saturated carbocycles. The smallest absolute Gasteiger partial charge is 0.251 e. The molecule has 0 bridgehead atoms. The quantitative estimate of drug-likeness (QED) is 0.774. The van der Waals surface area contributed by atoms with E-state index in [0.29, 0.717) is 25.1 Å². The minimum Gasteiger partial charge on any atom is -0.383 e. The lowest BCUT2D eigenvalue weighted by Crippen LogP contribution is -2.60. The average molecular weight is 403 g/mol. The molecule has 7 heteroatoms. The number of hydrogen-bond acceptors (Lipinski definition) is 5. The third-order valence-electron chi connectivity index (χ3n) is 6.50. The second-order valence-electron chi connectivity index (χ2n) is 8.26. The second-order valence-corrected chi connectivity index (χ2v) is 8.26. The van der Waals surface area contributed by atoms with Crippen LogP contribution >= 0.6 is 0 Å². The lowest BCUT2D eigenvalue weighted by Gasteiger charge is -2.49. The van der Waals surface area contributed by atoms with Gasteiger partial charge in [-0.05, 0) is 37.6 Å². The van der Waals surface area contributed by atoms with E-state index in [9.17, 15) is 9.59 Å². The van der Waals surface area contributed by atoms with Crippen LogP contribution in [0.3, 0.4) is 0 Å². The van der Waals surface area contributed by atoms with Crippen LogP contribution in [0.2, 0.25) is 0 Å². The van der Waals surface area contributed by atoms with Gasteiger partial charge in [0.1, 0.15) is 0 Å². The normalized spacial score (nSPS) is 24.0. The highest BCUT2D eigenvalue weighted by atomic mass is 16.5. The van der Waals surface area contributed by atoms with Crippen LogP contribution in [0, 0.1) is 0 Å². The Morgan fingerprint density at radius 2 is 1.93 bits per heavy atom. The van der Waals surface area contributed by atoms with Gasteiger partial charge in [-0.3, -0.25) is 19.4 Å². The fraction of sp³-hybridized carbons (Fsp3) is 0.636. The molecule has 7 nitrogen and oxygen atoms in total. The molecule has 0 aromatic heterocycles. The van der Waals surface area contributed by atoms with Crippen molar-refractivity contribution in [2.45, 2.75) is 31.3 Å². The fourth-order valence-corrected chi connectivity index (χ4v) is 4.51. The summed E-state index contributed by atoms with van der Waals surface area (Å²) in [6.45, 7) is 5.90. The number of carbonyl (C=O) groups excluding carboxylic acids is 2. The SMILES string of the molecule is CNC(=O)c1ccc(CN2CCN(C)C3(CCC(=O)N(CCOC)CC3)C2)cc1. The van der Waals surface area contributed by atoms with Crippen molar-refractivity contribution in [1.82, 2.24) is 20.0 Å². The first-order chi connectivity index (χ1) is 14.0. The summed E-state index contributed by atoms with van der Waals surface area (Å²) in [6, 6.07) is 7.85. The molecule has 1 aromatic carbocycles. The Labute approximate surface area is 174 Å². The van der Waals surface area contributed by atoms with E-state index in [1.54, 1.807) is 14.2 Å². The van der Waals surface area contributed by atoms with Crippen LogP contribution in [0.25, 0.3) is 0 Å². The largest absolute Gasteiger partial charge is 0.383 e. The van der Waals surface area contributed by atoms with Gasteiger partial charge in [-0.15, -0.1) is 0 Å². The highest BCUT2D eigenvalue weighted by Crippen LogP contribution is 2.32. The molecule has 160 valence electrons. The van der Waals surface area contributed by atoms with Crippen LogP contribution < -0.4 is 5.32 Å². The van der Waals surface area contributed by atoms with E-state index < -0.39 is 0 Å². The number of ether oxygens (including phenoxy) is 1. The minimum absolute atomic E-state index is 0.0395. The Hall–Kier alpha value is -1.96. The number of likely N-dealkylation sites (N-methyl/N-ethyl adjacent to an activating group) is 1. The van der Waals surface area contributed by atoms with E-state index in [-0.39, 0.29) is 17.4 Å². The van der Waals surface area contributed by atoms with Crippen LogP contribution in [0.5, 0.6) is 0 Å². The summed E-state index contributed by atoms with van der Waals surface area (Å²) in [6.07, 6.45) is 2.49. The van der Waals surface area contributed by atoms with Gasteiger partial charge in [-0.2, -0.15) is 0 Å². The van der Waals surface area contributed by atoms with Gasteiger partial charge in [0.25, 0.3) is 5.91 Å². The van der Waals surface area contributed by atoms with E-state index in [1.807, 2.05) is 29.2 Å². The maximum Gasteiger partial charge on any atom is 0.251 e. The fourth-order valence-electron chi connectivity index (χ4n) is 4.51. The Morgan fingerprint density at radius 1 is 1.17 bits per heavy atom. The molecule has 1 N–H and O–H groups in total. The Morgan fingerprint density at radius 3 is 2.62 bits per heavy atom. The third kappa shape index (κ3) is 5.15. The Bertz CT molecular complexity index is 709. The first kappa shape index (κ1) is 21.7. The van der Waals surface area contributed by atoms with Gasteiger partial charge < -0.3 is 15.0 Å². The first-order valence-corrected chi connectivity index (χ1v) is 10.5. The molecular weight excluding hydrogens is 368 g/mol. The van der Waals surface area contributed by atoms with Gasteiger partial charge in [0, 0.05) is 70.9 Å². The summed E-state index contributed by atoms with van der Waals surface area (Å²) in [5, 5.41) is 2.66. The number of nitrogens with one attached hydrogen (secondary N) is 1. The van der Waals surface area contributed by atoms with E-state index in [2.05, 4.69) is 22.2 Å². The highest BCUT2D eigenvalue weighted by Gasteiger charge is 2.42. The van der Waals surface area contributed by atoms with E-state index in [1.165, 1.54) is 5.56 Å². The second kappa shape index (κ2) is 9.69. The summed E-state index contributed by atoms with van der Waals surface area (Å²) < 4.78 is 5.17. The molecule has 2 heterocycles. The summed E-state index contributed by atoms with van der Waals surface area (Å²) in [5.41, 5.74) is 1.94. The number of amides is 2. The van der Waals surface area contributed by atoms with Gasteiger partial charge in [0.15, 0.2) is 0 Å². The number of carbonyl (C=O) groups is 2. The van der Waals surface area contributed by atoms with Crippen molar-refractivity contribution >= 4 is 11.8 Å². The van der Waals surface area contributed by atoms with Gasteiger partial charge in [0.2, 0.25) is 5.91 Å². The number of likely N-dealkylation sites (tertiary alicyclic amines) is 1. The van der Waals surface area contributed by atoms with Crippen molar-refractivity contribution < 1.29 is 14.3 Å². The van der Waals surface area contributed by atoms with Crippen LogP contribution in [-0.2, 0) is 16.1 Å². The number of rotatable bonds is 6. The highest BCUT2D eigenvalue weighted by molar-refractivity contribution is 5.93. The lowest BCUT2D eigenvalue weighted by molar-refractivity contribution is -0.131. The third-order valence-corrected chi connectivity index (χ3v) is 6.50. The Kier molecular flexibility index (Phi) is 7.27.